The van der Waals surface area contributed by atoms with Crippen LogP contribution in [-0.2, 0) is 9.53 Å². The Labute approximate surface area is 111 Å². The van der Waals surface area contributed by atoms with Crippen LogP contribution in [0.2, 0.25) is 0 Å². The van der Waals surface area contributed by atoms with E-state index in [0.717, 1.165) is 19.3 Å². The second-order valence-corrected chi connectivity index (χ2v) is 5.34. The summed E-state index contributed by atoms with van der Waals surface area (Å²) in [6.07, 6.45) is 3.19. The third-order valence-corrected chi connectivity index (χ3v) is 3.60. The van der Waals surface area contributed by atoms with E-state index in [1.807, 2.05) is 11.8 Å². The number of hydrogen-bond donors (Lipinski definition) is 1. The highest BCUT2D eigenvalue weighted by atomic mass is 16.5. The van der Waals surface area contributed by atoms with Crippen molar-refractivity contribution < 1.29 is 9.53 Å². The quantitative estimate of drug-likeness (QED) is 0.722. The van der Waals surface area contributed by atoms with Crippen LogP contribution in [0.1, 0.15) is 47.0 Å². The van der Waals surface area contributed by atoms with Crippen molar-refractivity contribution in [3.05, 3.63) is 0 Å². The highest BCUT2D eigenvalue weighted by Crippen LogP contribution is 2.18. The lowest BCUT2D eigenvalue weighted by molar-refractivity contribution is -0.133. The monoisotopic (exact) mass is 256 g/mol. The van der Waals surface area contributed by atoms with Crippen molar-refractivity contribution in [1.82, 2.24) is 10.2 Å². The number of nitrogens with zero attached hydrogens (tertiary/aromatic N) is 1. The van der Waals surface area contributed by atoms with E-state index in [2.05, 4.69) is 26.1 Å². The first-order valence-corrected chi connectivity index (χ1v) is 7.23. The van der Waals surface area contributed by atoms with E-state index in [9.17, 15) is 4.79 Å². The van der Waals surface area contributed by atoms with Crippen molar-refractivity contribution in [2.45, 2.75) is 59.0 Å². The molecule has 4 nitrogen and oxygen atoms in total. The Morgan fingerprint density at radius 1 is 1.44 bits per heavy atom. The van der Waals surface area contributed by atoms with Gasteiger partial charge in [-0.3, -0.25) is 10.1 Å². The van der Waals surface area contributed by atoms with Crippen molar-refractivity contribution in [2.75, 3.05) is 19.9 Å². The molecule has 1 aliphatic heterocycles. The average Bonchev–Trinajstić information content (AvgIpc) is 2.69. The zero-order valence-electron chi connectivity index (χ0n) is 12.2. The standard InChI is InChI=1S/C14H28N2O2/c1-5-7-8-12-14(17)16(10-15-12)13(11(3)4)9-18-6-2/h11-13,15H,5-10H2,1-4H3. The molecule has 0 aliphatic carbocycles. The number of carbonyl (C=O) groups excluding carboxylic acids is 1. The number of amides is 1. The van der Waals surface area contributed by atoms with Gasteiger partial charge in [-0.2, -0.15) is 0 Å². The smallest absolute Gasteiger partial charge is 0.241 e. The van der Waals surface area contributed by atoms with E-state index >= 15 is 0 Å². The number of nitrogens with one attached hydrogen (secondary N) is 1. The SMILES string of the molecule is CCCCC1NCN(C(COCC)C(C)C)C1=O. The van der Waals surface area contributed by atoms with Crippen LogP contribution in [0.4, 0.5) is 0 Å². The summed E-state index contributed by atoms with van der Waals surface area (Å²) in [5.41, 5.74) is 0. The van der Waals surface area contributed by atoms with Gasteiger partial charge in [0.1, 0.15) is 0 Å². The molecule has 1 N–H and O–H groups in total. The molecule has 0 radical (unpaired) electrons. The number of rotatable bonds is 8. The van der Waals surface area contributed by atoms with E-state index in [1.54, 1.807) is 0 Å². The van der Waals surface area contributed by atoms with Gasteiger partial charge in [-0.25, -0.2) is 0 Å². The summed E-state index contributed by atoms with van der Waals surface area (Å²) in [5.74, 6) is 0.675. The van der Waals surface area contributed by atoms with E-state index in [4.69, 9.17) is 4.74 Å². The van der Waals surface area contributed by atoms with Gasteiger partial charge in [-0.15, -0.1) is 0 Å². The van der Waals surface area contributed by atoms with Gasteiger partial charge >= 0.3 is 0 Å². The van der Waals surface area contributed by atoms with Crippen LogP contribution in [0.15, 0.2) is 0 Å². The Morgan fingerprint density at radius 2 is 2.17 bits per heavy atom. The summed E-state index contributed by atoms with van der Waals surface area (Å²) in [4.78, 5) is 14.3. The van der Waals surface area contributed by atoms with Gasteiger partial charge in [0.05, 0.1) is 25.4 Å². The van der Waals surface area contributed by atoms with Crippen LogP contribution in [0, 0.1) is 5.92 Å². The normalized spacial score (nSPS) is 21.9. The Bertz CT molecular complexity index is 256. The Hall–Kier alpha value is -0.610. The summed E-state index contributed by atoms with van der Waals surface area (Å²) < 4.78 is 5.51. The van der Waals surface area contributed by atoms with Crippen LogP contribution < -0.4 is 5.32 Å². The molecule has 0 aromatic heterocycles. The second-order valence-electron chi connectivity index (χ2n) is 5.34. The van der Waals surface area contributed by atoms with Crippen LogP contribution >= 0.6 is 0 Å². The first-order chi connectivity index (χ1) is 8.61. The number of unbranched alkanes of at least 4 members (excludes halogenated alkanes) is 1. The Kier molecular flexibility index (Phi) is 6.65. The van der Waals surface area contributed by atoms with Gasteiger partial charge < -0.3 is 9.64 Å². The van der Waals surface area contributed by atoms with Gasteiger partial charge in [-0.05, 0) is 19.3 Å². The zero-order chi connectivity index (χ0) is 13.5. The van der Waals surface area contributed by atoms with E-state index in [0.29, 0.717) is 25.8 Å². The molecule has 1 saturated heterocycles. The summed E-state index contributed by atoms with van der Waals surface area (Å²) >= 11 is 0. The highest BCUT2D eigenvalue weighted by molar-refractivity contribution is 5.84. The fourth-order valence-electron chi connectivity index (χ4n) is 2.37. The summed E-state index contributed by atoms with van der Waals surface area (Å²) in [6.45, 7) is 10.5. The van der Waals surface area contributed by atoms with Crippen molar-refractivity contribution >= 4 is 5.91 Å². The molecular weight excluding hydrogens is 228 g/mol. The molecule has 4 heteroatoms. The molecule has 0 spiro atoms. The predicted molar refractivity (Wildman–Crippen MR) is 73.3 cm³/mol. The van der Waals surface area contributed by atoms with Crippen molar-refractivity contribution in [2.24, 2.45) is 5.92 Å². The molecule has 0 bridgehead atoms. The molecule has 2 unspecified atom stereocenters. The molecule has 18 heavy (non-hydrogen) atoms. The lowest BCUT2D eigenvalue weighted by Crippen LogP contribution is -2.44. The van der Waals surface area contributed by atoms with Gasteiger partial charge in [0, 0.05) is 6.61 Å². The first kappa shape index (κ1) is 15.4. The van der Waals surface area contributed by atoms with Gasteiger partial charge in [0.25, 0.3) is 0 Å². The maximum absolute atomic E-state index is 12.3. The molecule has 0 saturated carbocycles. The molecule has 1 fully saturated rings. The predicted octanol–water partition coefficient (Wildman–Crippen LogP) is 2.00. The maximum atomic E-state index is 12.3. The molecule has 0 aromatic rings. The van der Waals surface area contributed by atoms with Crippen molar-refractivity contribution in [3.63, 3.8) is 0 Å². The van der Waals surface area contributed by atoms with E-state index in [1.165, 1.54) is 0 Å². The minimum Gasteiger partial charge on any atom is -0.380 e. The highest BCUT2D eigenvalue weighted by Gasteiger charge is 2.36. The Balaban J connectivity index is 2.56. The molecule has 0 aromatic carbocycles. The van der Waals surface area contributed by atoms with Crippen molar-refractivity contribution in [1.29, 1.82) is 0 Å². The number of carbonyl (C=O) groups is 1. The third-order valence-electron chi connectivity index (χ3n) is 3.60. The van der Waals surface area contributed by atoms with E-state index < -0.39 is 0 Å². The zero-order valence-corrected chi connectivity index (χ0v) is 12.2. The fourth-order valence-corrected chi connectivity index (χ4v) is 2.37. The van der Waals surface area contributed by atoms with E-state index in [-0.39, 0.29) is 18.0 Å². The van der Waals surface area contributed by atoms with Gasteiger partial charge in [0.2, 0.25) is 5.91 Å². The molecule has 1 amide bonds. The lowest BCUT2D eigenvalue weighted by Gasteiger charge is -2.30. The first-order valence-electron chi connectivity index (χ1n) is 7.23. The maximum Gasteiger partial charge on any atom is 0.241 e. The molecule has 1 rings (SSSR count). The summed E-state index contributed by atoms with van der Waals surface area (Å²) in [7, 11) is 0. The summed E-state index contributed by atoms with van der Waals surface area (Å²) in [5, 5.41) is 3.32. The molecular formula is C14H28N2O2. The Morgan fingerprint density at radius 3 is 2.72 bits per heavy atom. The minimum atomic E-state index is 0.0211. The van der Waals surface area contributed by atoms with Crippen molar-refractivity contribution in [3.8, 4) is 0 Å². The number of hydrogen-bond acceptors (Lipinski definition) is 3. The van der Waals surface area contributed by atoms with Crippen LogP contribution in [0.5, 0.6) is 0 Å². The van der Waals surface area contributed by atoms with Crippen LogP contribution in [0.25, 0.3) is 0 Å². The summed E-state index contributed by atoms with van der Waals surface area (Å²) in [6, 6.07) is 0.212. The minimum absolute atomic E-state index is 0.0211. The van der Waals surface area contributed by atoms with Crippen LogP contribution in [-0.4, -0.2) is 42.8 Å². The van der Waals surface area contributed by atoms with Crippen LogP contribution in [0.3, 0.4) is 0 Å². The topological polar surface area (TPSA) is 41.6 Å². The lowest BCUT2D eigenvalue weighted by atomic mass is 10.0. The molecule has 1 aliphatic rings. The van der Waals surface area contributed by atoms with Gasteiger partial charge in [0.15, 0.2) is 0 Å². The largest absolute Gasteiger partial charge is 0.380 e. The average molecular weight is 256 g/mol. The molecule has 106 valence electrons. The van der Waals surface area contributed by atoms with Gasteiger partial charge in [-0.1, -0.05) is 33.6 Å². The number of ether oxygens (including phenoxy) is 1. The molecule has 2 atom stereocenters. The third kappa shape index (κ3) is 3.95. The fraction of sp³-hybridized carbons (Fsp3) is 0.929. The second kappa shape index (κ2) is 7.74. The molecule has 1 heterocycles.